The first kappa shape index (κ1) is 27.5. The molecule has 0 spiro atoms. The molecule has 8 aromatic carbocycles. The van der Waals surface area contributed by atoms with Crippen molar-refractivity contribution in [1.82, 2.24) is 15.0 Å². The summed E-state index contributed by atoms with van der Waals surface area (Å²) in [5, 5.41) is 9.27. The summed E-state index contributed by atoms with van der Waals surface area (Å²) in [6.07, 6.45) is 0. The lowest BCUT2D eigenvalue weighted by molar-refractivity contribution is 0.670. The van der Waals surface area contributed by atoms with Gasteiger partial charge in [0.05, 0.1) is 0 Å². The molecule has 10 aromatic rings. The van der Waals surface area contributed by atoms with Crippen LogP contribution in [0.1, 0.15) is 0 Å². The van der Waals surface area contributed by atoms with E-state index in [9.17, 15) is 0 Å². The fraction of sp³-hybridized carbons (Fsp3) is 0. The van der Waals surface area contributed by atoms with Crippen molar-refractivity contribution in [2.45, 2.75) is 0 Å². The van der Waals surface area contributed by atoms with Crippen molar-refractivity contribution in [2.24, 2.45) is 0 Å². The van der Waals surface area contributed by atoms with Crippen molar-refractivity contribution >= 4 is 54.3 Å². The quantitative estimate of drug-likeness (QED) is 0.183. The van der Waals surface area contributed by atoms with Crippen LogP contribution in [0.25, 0.3) is 99.5 Å². The Hall–Kier alpha value is -6.65. The van der Waals surface area contributed by atoms with Crippen LogP contribution in [-0.4, -0.2) is 15.0 Å². The highest BCUT2D eigenvalue weighted by molar-refractivity contribution is 6.16. The summed E-state index contributed by atoms with van der Waals surface area (Å²) < 4.78 is 6.69. The second-order valence-electron chi connectivity index (χ2n) is 12.4. The lowest BCUT2D eigenvalue weighted by atomic mass is 9.96. The van der Waals surface area contributed by atoms with Crippen LogP contribution in [0.4, 0.5) is 0 Å². The van der Waals surface area contributed by atoms with Gasteiger partial charge in [-0.15, -0.1) is 0 Å². The molecule has 0 saturated heterocycles. The van der Waals surface area contributed by atoms with Crippen LogP contribution < -0.4 is 0 Å². The van der Waals surface area contributed by atoms with E-state index < -0.39 is 0 Å². The minimum Gasteiger partial charge on any atom is -0.455 e. The number of aromatic nitrogens is 3. The fourth-order valence-electron chi connectivity index (χ4n) is 7.11. The number of furan rings is 1. The smallest absolute Gasteiger partial charge is 0.164 e. The summed E-state index contributed by atoms with van der Waals surface area (Å²) in [5.74, 6) is 1.86. The number of nitrogens with zero attached hydrogens (tertiary/aromatic N) is 3. The molecule has 4 heteroatoms. The fourth-order valence-corrected chi connectivity index (χ4v) is 7.11. The minimum absolute atomic E-state index is 0.605. The summed E-state index contributed by atoms with van der Waals surface area (Å²) >= 11 is 0. The van der Waals surface area contributed by atoms with Gasteiger partial charge in [-0.2, -0.15) is 0 Å². The first-order chi connectivity index (χ1) is 24.3. The maximum atomic E-state index is 6.69. The molecule has 0 aliphatic heterocycles. The van der Waals surface area contributed by atoms with Crippen LogP contribution in [-0.2, 0) is 0 Å². The predicted molar refractivity (Wildman–Crippen MR) is 201 cm³/mol. The van der Waals surface area contributed by atoms with Crippen molar-refractivity contribution in [3.05, 3.63) is 164 Å². The van der Waals surface area contributed by atoms with Crippen LogP contribution >= 0.6 is 0 Å². The molecule has 0 amide bonds. The van der Waals surface area contributed by atoms with E-state index in [2.05, 4.69) is 121 Å². The van der Waals surface area contributed by atoms with Gasteiger partial charge >= 0.3 is 0 Å². The molecule has 0 aliphatic rings. The van der Waals surface area contributed by atoms with E-state index in [1.807, 2.05) is 42.5 Å². The van der Waals surface area contributed by atoms with Crippen LogP contribution in [0.3, 0.4) is 0 Å². The maximum Gasteiger partial charge on any atom is 0.164 e. The zero-order chi connectivity index (χ0) is 32.3. The van der Waals surface area contributed by atoms with E-state index in [4.69, 9.17) is 19.4 Å². The van der Waals surface area contributed by atoms with Crippen LogP contribution in [0, 0.1) is 0 Å². The van der Waals surface area contributed by atoms with Gasteiger partial charge in [-0.1, -0.05) is 146 Å². The number of benzene rings is 8. The number of para-hydroxylation sites is 1. The molecule has 4 nitrogen and oxygen atoms in total. The standard InChI is InChI=1S/C45H27N3O/c1-2-12-30(13-3-1)43-46-44(34-23-20-28-10-4-5-14-31(28)26-34)48-45(47-43)39-18-9-19-40-41(39)38-17-8-16-37(42(38)49-40)33-24-25-36-32(27-33)22-21-29-11-6-7-15-35(29)36/h1-27H. The largest absolute Gasteiger partial charge is 0.455 e. The summed E-state index contributed by atoms with van der Waals surface area (Å²) in [6, 6.07) is 56.9. The van der Waals surface area contributed by atoms with Crippen molar-refractivity contribution in [1.29, 1.82) is 0 Å². The highest BCUT2D eigenvalue weighted by atomic mass is 16.3. The van der Waals surface area contributed by atoms with Crippen molar-refractivity contribution in [3.63, 3.8) is 0 Å². The molecule has 0 N–H and O–H groups in total. The van der Waals surface area contributed by atoms with E-state index in [-0.39, 0.29) is 0 Å². The Balaban J connectivity index is 1.17. The van der Waals surface area contributed by atoms with Crippen molar-refractivity contribution in [3.8, 4) is 45.3 Å². The molecule has 0 unspecified atom stereocenters. The van der Waals surface area contributed by atoms with E-state index in [1.54, 1.807) is 0 Å². The molecular formula is C45H27N3O. The van der Waals surface area contributed by atoms with Crippen LogP contribution in [0.5, 0.6) is 0 Å². The van der Waals surface area contributed by atoms with E-state index >= 15 is 0 Å². The molecule has 2 heterocycles. The Labute approximate surface area is 282 Å². The Morgan fingerprint density at radius 3 is 1.86 bits per heavy atom. The van der Waals surface area contributed by atoms with Crippen molar-refractivity contribution < 1.29 is 4.42 Å². The van der Waals surface area contributed by atoms with Gasteiger partial charge in [-0.05, 0) is 56.1 Å². The van der Waals surface area contributed by atoms with Gasteiger partial charge in [0, 0.05) is 33.0 Å². The Kier molecular flexibility index (Phi) is 6.15. The number of hydrogen-bond donors (Lipinski definition) is 0. The minimum atomic E-state index is 0.605. The normalized spacial score (nSPS) is 11.7. The zero-order valence-corrected chi connectivity index (χ0v) is 26.3. The monoisotopic (exact) mass is 625 g/mol. The SMILES string of the molecule is c1ccc(-c2nc(-c3ccc4ccccc4c3)nc(-c3cccc4oc5c(-c6ccc7c(ccc8ccccc87)c6)cccc5c34)n2)cc1. The molecule has 228 valence electrons. The molecule has 2 aromatic heterocycles. The highest BCUT2D eigenvalue weighted by Crippen LogP contribution is 2.41. The molecule has 0 bridgehead atoms. The van der Waals surface area contributed by atoms with Crippen LogP contribution in [0.2, 0.25) is 0 Å². The Morgan fingerprint density at radius 1 is 0.347 bits per heavy atom. The summed E-state index contributed by atoms with van der Waals surface area (Å²) in [4.78, 5) is 15.2. The molecule has 49 heavy (non-hydrogen) atoms. The Morgan fingerprint density at radius 2 is 0.959 bits per heavy atom. The average molecular weight is 626 g/mol. The number of rotatable bonds is 4. The topological polar surface area (TPSA) is 51.8 Å². The molecule has 10 rings (SSSR count). The van der Waals surface area contributed by atoms with Gasteiger partial charge in [0.15, 0.2) is 17.5 Å². The lowest BCUT2D eigenvalue weighted by Crippen LogP contribution is -2.00. The van der Waals surface area contributed by atoms with Crippen LogP contribution in [0.15, 0.2) is 168 Å². The van der Waals surface area contributed by atoms with Gasteiger partial charge in [0.25, 0.3) is 0 Å². The predicted octanol–water partition coefficient (Wildman–Crippen LogP) is 11.9. The van der Waals surface area contributed by atoms with E-state index in [0.29, 0.717) is 17.5 Å². The van der Waals surface area contributed by atoms with E-state index in [1.165, 1.54) is 26.9 Å². The zero-order valence-electron chi connectivity index (χ0n) is 26.3. The van der Waals surface area contributed by atoms with Gasteiger partial charge in [0.1, 0.15) is 11.2 Å². The molecular weight excluding hydrogens is 599 g/mol. The first-order valence-electron chi connectivity index (χ1n) is 16.4. The number of fused-ring (bicyclic) bond motifs is 7. The molecule has 0 fully saturated rings. The Bertz CT molecular complexity index is 2890. The summed E-state index contributed by atoms with van der Waals surface area (Å²) in [5.41, 5.74) is 6.57. The van der Waals surface area contributed by atoms with Gasteiger partial charge in [0.2, 0.25) is 0 Å². The molecule has 0 atom stereocenters. The average Bonchev–Trinajstić information content (AvgIpc) is 3.57. The van der Waals surface area contributed by atoms with Gasteiger partial charge < -0.3 is 4.42 Å². The maximum absolute atomic E-state index is 6.69. The molecule has 0 radical (unpaired) electrons. The molecule has 0 aliphatic carbocycles. The third-order valence-electron chi connectivity index (χ3n) is 9.49. The van der Waals surface area contributed by atoms with Gasteiger partial charge in [-0.3, -0.25) is 0 Å². The first-order valence-corrected chi connectivity index (χ1v) is 16.4. The number of hydrogen-bond acceptors (Lipinski definition) is 4. The third kappa shape index (κ3) is 4.57. The molecule has 0 saturated carbocycles. The second-order valence-corrected chi connectivity index (χ2v) is 12.4. The highest BCUT2D eigenvalue weighted by Gasteiger charge is 2.20. The summed E-state index contributed by atoms with van der Waals surface area (Å²) in [6.45, 7) is 0. The second kappa shape index (κ2) is 11.0. The third-order valence-corrected chi connectivity index (χ3v) is 9.49. The van der Waals surface area contributed by atoms with Gasteiger partial charge in [-0.25, -0.2) is 15.0 Å². The van der Waals surface area contributed by atoms with E-state index in [0.717, 1.165) is 55.1 Å². The summed E-state index contributed by atoms with van der Waals surface area (Å²) in [7, 11) is 0. The lowest BCUT2D eigenvalue weighted by Gasteiger charge is -2.10. The van der Waals surface area contributed by atoms with Crippen molar-refractivity contribution in [2.75, 3.05) is 0 Å².